The number of hydrogen-bond acceptors (Lipinski definition) is 6. The van der Waals surface area contributed by atoms with Crippen molar-refractivity contribution in [3.8, 4) is 5.75 Å². The minimum atomic E-state index is -1.06. The van der Waals surface area contributed by atoms with E-state index in [4.69, 9.17) is 33.0 Å². The summed E-state index contributed by atoms with van der Waals surface area (Å²) in [6, 6.07) is 11.0. The Bertz CT molecular complexity index is 1090. The average molecular weight is 467 g/mol. The van der Waals surface area contributed by atoms with E-state index >= 15 is 0 Å². The lowest BCUT2D eigenvalue weighted by Gasteiger charge is -2.08. The average Bonchev–Trinajstić information content (AvgIpc) is 3.05. The molecule has 0 atom stereocenters. The predicted molar refractivity (Wildman–Crippen MR) is 115 cm³/mol. The topological polar surface area (TPSA) is 106 Å². The minimum Gasteiger partial charge on any atom is -0.484 e. The molecular formula is C19H16Cl2N4O4S. The van der Waals surface area contributed by atoms with Gasteiger partial charge in [-0.15, -0.1) is 10.2 Å². The number of carboxylic acid groups (broad SMARTS) is 1. The molecule has 2 aromatic carbocycles. The zero-order chi connectivity index (χ0) is 21.7. The molecule has 1 heterocycles. The first-order chi connectivity index (χ1) is 14.3. The highest BCUT2D eigenvalue weighted by molar-refractivity contribution is 7.99. The lowest BCUT2D eigenvalue weighted by atomic mass is 10.2. The fraction of sp³-hybridized carbons (Fsp3) is 0.158. The first kappa shape index (κ1) is 21.9. The first-order valence-electron chi connectivity index (χ1n) is 8.55. The van der Waals surface area contributed by atoms with Gasteiger partial charge in [-0.25, -0.2) is 4.79 Å². The third-order valence-electron chi connectivity index (χ3n) is 3.90. The summed E-state index contributed by atoms with van der Waals surface area (Å²) in [5.41, 5.74) is 0.506. The molecule has 2 N–H and O–H groups in total. The van der Waals surface area contributed by atoms with Crippen molar-refractivity contribution in [1.82, 2.24) is 14.8 Å². The Morgan fingerprint density at radius 1 is 1.20 bits per heavy atom. The third kappa shape index (κ3) is 5.65. The van der Waals surface area contributed by atoms with Crippen LogP contribution in [0.4, 0.5) is 5.69 Å². The van der Waals surface area contributed by atoms with Gasteiger partial charge in [-0.2, -0.15) is 0 Å². The molecule has 156 valence electrons. The van der Waals surface area contributed by atoms with E-state index in [0.29, 0.717) is 32.5 Å². The molecular weight excluding hydrogens is 451 g/mol. The number of ether oxygens (including phenoxy) is 1. The summed E-state index contributed by atoms with van der Waals surface area (Å²) in [7, 11) is 1.76. The molecule has 3 rings (SSSR count). The molecule has 0 aliphatic carbocycles. The van der Waals surface area contributed by atoms with Crippen molar-refractivity contribution < 1.29 is 19.4 Å². The normalized spacial score (nSPS) is 10.6. The monoisotopic (exact) mass is 466 g/mol. The lowest BCUT2D eigenvalue weighted by molar-refractivity contribution is -0.113. The number of anilines is 1. The Morgan fingerprint density at radius 3 is 2.73 bits per heavy atom. The van der Waals surface area contributed by atoms with E-state index in [9.17, 15) is 9.59 Å². The van der Waals surface area contributed by atoms with Gasteiger partial charge < -0.3 is 19.7 Å². The van der Waals surface area contributed by atoms with Crippen molar-refractivity contribution >= 4 is 52.5 Å². The molecule has 1 amide bonds. The number of carbonyl (C=O) groups excluding carboxylic acids is 1. The number of halogens is 2. The van der Waals surface area contributed by atoms with Crippen LogP contribution in [0, 0.1) is 0 Å². The molecule has 3 aromatic rings. The van der Waals surface area contributed by atoms with Crippen molar-refractivity contribution in [1.29, 1.82) is 0 Å². The molecule has 8 nitrogen and oxygen atoms in total. The number of aromatic nitrogens is 3. The van der Waals surface area contributed by atoms with Crippen molar-refractivity contribution in [3.05, 3.63) is 63.9 Å². The minimum absolute atomic E-state index is 0.0765. The number of benzene rings is 2. The van der Waals surface area contributed by atoms with Gasteiger partial charge in [0.2, 0.25) is 5.91 Å². The maximum absolute atomic E-state index is 12.2. The first-order valence-corrected chi connectivity index (χ1v) is 10.3. The molecule has 30 heavy (non-hydrogen) atoms. The van der Waals surface area contributed by atoms with E-state index in [1.807, 2.05) is 0 Å². The van der Waals surface area contributed by atoms with Crippen LogP contribution in [0.25, 0.3) is 0 Å². The quantitative estimate of drug-likeness (QED) is 0.480. The number of amides is 1. The van der Waals surface area contributed by atoms with Crippen LogP contribution in [-0.2, 0) is 18.4 Å². The molecule has 0 radical (unpaired) electrons. The molecule has 1 aromatic heterocycles. The highest BCUT2D eigenvalue weighted by atomic mass is 35.5. The summed E-state index contributed by atoms with van der Waals surface area (Å²) in [4.78, 5) is 23.2. The fourth-order valence-corrected chi connectivity index (χ4v) is 3.58. The fourth-order valence-electron chi connectivity index (χ4n) is 2.39. The second-order valence-electron chi connectivity index (χ2n) is 6.04. The van der Waals surface area contributed by atoms with Crippen molar-refractivity contribution in [3.63, 3.8) is 0 Å². The number of aromatic carboxylic acids is 1. The molecule has 0 fully saturated rings. The van der Waals surface area contributed by atoms with Crippen LogP contribution < -0.4 is 10.1 Å². The summed E-state index contributed by atoms with van der Waals surface area (Å²) in [5, 5.41) is 21.2. The van der Waals surface area contributed by atoms with Gasteiger partial charge in [-0.05, 0) is 36.4 Å². The second-order valence-corrected chi connectivity index (χ2v) is 7.83. The molecule has 0 aliphatic heterocycles. The summed E-state index contributed by atoms with van der Waals surface area (Å²) in [6.07, 6.45) is 0. The zero-order valence-electron chi connectivity index (χ0n) is 15.6. The van der Waals surface area contributed by atoms with Crippen molar-refractivity contribution in [2.75, 3.05) is 11.1 Å². The summed E-state index contributed by atoms with van der Waals surface area (Å²) >= 11 is 13.1. The van der Waals surface area contributed by atoms with Crippen LogP contribution in [0.2, 0.25) is 10.0 Å². The highest BCUT2D eigenvalue weighted by Crippen LogP contribution is 2.28. The lowest BCUT2D eigenvalue weighted by Crippen LogP contribution is -2.15. The number of carboxylic acids is 1. The molecule has 11 heteroatoms. The highest BCUT2D eigenvalue weighted by Gasteiger charge is 2.13. The standard InChI is InChI=1S/C19H16Cl2N4O4S/c1-25-16(9-29-15-6-5-12(20)8-14(15)21)23-24-19(25)30-10-17(26)22-13-4-2-3-11(7-13)18(27)28/h2-8H,9-10H2,1H3,(H,22,26)(H,27,28). The third-order valence-corrected chi connectivity index (χ3v) is 5.45. The number of rotatable bonds is 8. The maximum atomic E-state index is 12.2. The molecule has 0 bridgehead atoms. The van der Waals surface area contributed by atoms with E-state index in [1.165, 1.54) is 23.9 Å². The predicted octanol–water partition coefficient (Wildman–Crippen LogP) is 4.13. The van der Waals surface area contributed by atoms with Gasteiger partial charge in [-0.3, -0.25) is 4.79 Å². The maximum Gasteiger partial charge on any atom is 0.335 e. The summed E-state index contributed by atoms with van der Waals surface area (Å²) in [5.74, 6) is -0.252. The van der Waals surface area contributed by atoms with Gasteiger partial charge in [0.05, 0.1) is 16.3 Å². The SMILES string of the molecule is Cn1c(COc2ccc(Cl)cc2Cl)nnc1SCC(=O)Nc1cccc(C(=O)O)c1. The number of hydrogen-bond donors (Lipinski definition) is 2. The van der Waals surface area contributed by atoms with Gasteiger partial charge in [0.1, 0.15) is 12.4 Å². The van der Waals surface area contributed by atoms with Crippen LogP contribution in [0.15, 0.2) is 47.6 Å². The van der Waals surface area contributed by atoms with Gasteiger partial charge in [0.25, 0.3) is 0 Å². The van der Waals surface area contributed by atoms with Crippen LogP contribution >= 0.6 is 35.0 Å². The summed E-state index contributed by atoms with van der Waals surface area (Å²) in [6.45, 7) is 0.138. The van der Waals surface area contributed by atoms with Crippen molar-refractivity contribution in [2.45, 2.75) is 11.8 Å². The second kappa shape index (κ2) is 9.84. The van der Waals surface area contributed by atoms with Crippen LogP contribution in [-0.4, -0.2) is 37.5 Å². The Kier molecular flexibility index (Phi) is 7.20. The van der Waals surface area contributed by atoms with Crippen molar-refractivity contribution in [2.24, 2.45) is 7.05 Å². The molecule has 0 saturated heterocycles. The number of nitrogens with zero attached hydrogens (tertiary/aromatic N) is 3. The Balaban J connectivity index is 1.55. The van der Waals surface area contributed by atoms with E-state index in [-0.39, 0.29) is 23.8 Å². The zero-order valence-corrected chi connectivity index (χ0v) is 18.0. The number of nitrogens with one attached hydrogen (secondary N) is 1. The number of carbonyl (C=O) groups is 2. The van der Waals surface area contributed by atoms with E-state index in [2.05, 4.69) is 15.5 Å². The van der Waals surface area contributed by atoms with Crippen LogP contribution in [0.3, 0.4) is 0 Å². The van der Waals surface area contributed by atoms with Gasteiger partial charge in [0.15, 0.2) is 11.0 Å². The van der Waals surface area contributed by atoms with Gasteiger partial charge in [0, 0.05) is 17.8 Å². The Labute approximate surface area is 186 Å². The van der Waals surface area contributed by atoms with E-state index in [0.717, 1.165) is 0 Å². The summed E-state index contributed by atoms with van der Waals surface area (Å²) < 4.78 is 7.37. The van der Waals surface area contributed by atoms with E-state index < -0.39 is 5.97 Å². The smallest absolute Gasteiger partial charge is 0.335 e. The van der Waals surface area contributed by atoms with Gasteiger partial charge in [-0.1, -0.05) is 41.0 Å². The van der Waals surface area contributed by atoms with Crippen LogP contribution in [0.5, 0.6) is 5.75 Å². The molecule has 0 saturated carbocycles. The van der Waals surface area contributed by atoms with Crippen LogP contribution in [0.1, 0.15) is 16.2 Å². The molecule has 0 aliphatic rings. The largest absolute Gasteiger partial charge is 0.484 e. The Morgan fingerprint density at radius 2 is 2.00 bits per heavy atom. The Hall–Kier alpha value is -2.75. The molecule has 0 unspecified atom stereocenters. The molecule has 0 spiro atoms. The number of thioether (sulfide) groups is 1. The van der Waals surface area contributed by atoms with Gasteiger partial charge >= 0.3 is 5.97 Å². The van der Waals surface area contributed by atoms with E-state index in [1.54, 1.807) is 41.9 Å².